The van der Waals surface area contributed by atoms with E-state index < -0.39 is 0 Å². The molecule has 2 aromatic rings. The van der Waals surface area contributed by atoms with E-state index in [1.165, 1.54) is 0 Å². The van der Waals surface area contributed by atoms with Gasteiger partial charge in [0.15, 0.2) is 0 Å². The molecule has 0 fully saturated rings. The van der Waals surface area contributed by atoms with Gasteiger partial charge in [-0.05, 0) is 65.2 Å². The summed E-state index contributed by atoms with van der Waals surface area (Å²) >= 11 is 3.40. The maximum absolute atomic E-state index is 12.2. The lowest BCUT2D eigenvalue weighted by atomic mass is 10.1. The summed E-state index contributed by atoms with van der Waals surface area (Å²) in [4.78, 5) is 12.2. The molecular weight excluding hydrogens is 332 g/mol. The van der Waals surface area contributed by atoms with E-state index >= 15 is 0 Å². The molecule has 2 N–H and O–H groups in total. The van der Waals surface area contributed by atoms with Crippen LogP contribution in [0.25, 0.3) is 0 Å². The predicted octanol–water partition coefficient (Wildman–Crippen LogP) is 4.21. The number of halogens is 1. The topological polar surface area (TPSA) is 61.7 Å². The lowest BCUT2D eigenvalue weighted by Gasteiger charge is -2.08. The van der Waals surface area contributed by atoms with Crippen molar-refractivity contribution in [1.29, 1.82) is 0 Å². The summed E-state index contributed by atoms with van der Waals surface area (Å²) in [6, 6.07) is 12.7. The van der Waals surface area contributed by atoms with Crippen LogP contribution in [-0.4, -0.2) is 16.8 Å². The molecule has 1 amide bonds. The molecule has 21 heavy (non-hydrogen) atoms. The van der Waals surface area contributed by atoms with E-state index in [9.17, 15) is 4.79 Å². The predicted molar refractivity (Wildman–Crippen MR) is 87.3 cm³/mol. The van der Waals surface area contributed by atoms with Gasteiger partial charge in [0.2, 0.25) is 0 Å². The van der Waals surface area contributed by atoms with Gasteiger partial charge in [-0.3, -0.25) is 4.79 Å². The highest BCUT2D eigenvalue weighted by atomic mass is 79.9. The van der Waals surface area contributed by atoms with Crippen molar-refractivity contribution in [2.24, 2.45) is 5.16 Å². The number of aryl methyl sites for hydroxylation is 1. The molecule has 108 valence electrons. The van der Waals surface area contributed by atoms with E-state index in [4.69, 9.17) is 5.21 Å². The van der Waals surface area contributed by atoms with Gasteiger partial charge in [0.25, 0.3) is 5.91 Å². The van der Waals surface area contributed by atoms with Gasteiger partial charge >= 0.3 is 0 Å². The Hall–Kier alpha value is -2.14. The first-order valence-corrected chi connectivity index (χ1v) is 7.17. The van der Waals surface area contributed by atoms with Gasteiger partial charge in [-0.15, -0.1) is 0 Å². The van der Waals surface area contributed by atoms with Crippen LogP contribution in [0.15, 0.2) is 52.1 Å². The summed E-state index contributed by atoms with van der Waals surface area (Å²) < 4.78 is 0.764. The average Bonchev–Trinajstić information content (AvgIpc) is 2.47. The number of carbonyl (C=O) groups excluding carboxylic acids is 1. The third-order valence-electron chi connectivity index (χ3n) is 3.08. The number of nitrogens with zero attached hydrogens (tertiary/aromatic N) is 1. The monoisotopic (exact) mass is 346 g/mol. The fourth-order valence-electron chi connectivity index (χ4n) is 1.86. The summed E-state index contributed by atoms with van der Waals surface area (Å²) in [5.74, 6) is -0.179. The van der Waals surface area contributed by atoms with Crippen molar-refractivity contribution in [3.05, 3.63) is 63.6 Å². The minimum absolute atomic E-state index is 0.179. The molecule has 0 saturated carbocycles. The second-order valence-electron chi connectivity index (χ2n) is 4.70. The van der Waals surface area contributed by atoms with Crippen molar-refractivity contribution in [2.45, 2.75) is 13.8 Å². The normalized spacial score (nSPS) is 11.3. The van der Waals surface area contributed by atoms with Crippen molar-refractivity contribution in [3.63, 3.8) is 0 Å². The second kappa shape index (κ2) is 6.54. The van der Waals surface area contributed by atoms with Gasteiger partial charge in [-0.1, -0.05) is 23.4 Å². The summed E-state index contributed by atoms with van der Waals surface area (Å²) in [6.45, 7) is 3.67. The fraction of sp³-hybridized carbons (Fsp3) is 0.125. The maximum atomic E-state index is 12.2. The molecule has 2 aromatic carbocycles. The fourth-order valence-corrected chi connectivity index (χ4v) is 2.53. The van der Waals surface area contributed by atoms with Crippen LogP contribution in [0.4, 0.5) is 5.69 Å². The molecule has 0 radical (unpaired) electrons. The van der Waals surface area contributed by atoms with Gasteiger partial charge in [-0.25, -0.2) is 0 Å². The number of oxime groups is 1. The number of hydrogen-bond acceptors (Lipinski definition) is 3. The minimum atomic E-state index is -0.179. The summed E-state index contributed by atoms with van der Waals surface area (Å²) in [7, 11) is 0. The van der Waals surface area contributed by atoms with E-state index in [-0.39, 0.29) is 5.91 Å². The highest BCUT2D eigenvalue weighted by molar-refractivity contribution is 9.10. The van der Waals surface area contributed by atoms with Crippen LogP contribution in [0, 0.1) is 6.92 Å². The van der Waals surface area contributed by atoms with Crippen LogP contribution in [0.5, 0.6) is 0 Å². The molecule has 0 aliphatic heterocycles. The molecule has 0 atom stereocenters. The largest absolute Gasteiger partial charge is 0.411 e. The SMILES string of the molecule is C/C(=N/O)c1ccc(NC(=O)c2ccc(C)cc2Br)cc1. The number of nitrogens with one attached hydrogen (secondary N) is 1. The lowest BCUT2D eigenvalue weighted by molar-refractivity contribution is 0.102. The molecule has 0 spiro atoms. The molecule has 0 bridgehead atoms. The Morgan fingerprint density at radius 1 is 1.19 bits per heavy atom. The highest BCUT2D eigenvalue weighted by Crippen LogP contribution is 2.20. The van der Waals surface area contributed by atoms with E-state index in [2.05, 4.69) is 26.4 Å². The number of carbonyl (C=O) groups is 1. The molecule has 0 saturated heterocycles. The molecule has 0 heterocycles. The smallest absolute Gasteiger partial charge is 0.256 e. The van der Waals surface area contributed by atoms with Crippen molar-refractivity contribution >= 4 is 33.2 Å². The van der Waals surface area contributed by atoms with Crippen LogP contribution in [-0.2, 0) is 0 Å². The quantitative estimate of drug-likeness (QED) is 0.496. The molecule has 4 nitrogen and oxygen atoms in total. The van der Waals surface area contributed by atoms with Gasteiger partial charge in [0.05, 0.1) is 11.3 Å². The van der Waals surface area contributed by atoms with Crippen molar-refractivity contribution in [2.75, 3.05) is 5.32 Å². The first-order chi connectivity index (χ1) is 10.0. The Balaban J connectivity index is 2.16. The van der Waals surface area contributed by atoms with E-state index in [0.29, 0.717) is 17.0 Å². The zero-order valence-corrected chi connectivity index (χ0v) is 13.3. The van der Waals surface area contributed by atoms with Crippen LogP contribution in [0.2, 0.25) is 0 Å². The van der Waals surface area contributed by atoms with E-state index in [0.717, 1.165) is 15.6 Å². The number of rotatable bonds is 3. The first-order valence-electron chi connectivity index (χ1n) is 6.38. The average molecular weight is 347 g/mol. The number of benzene rings is 2. The number of amides is 1. The lowest BCUT2D eigenvalue weighted by Crippen LogP contribution is -2.12. The molecule has 2 rings (SSSR count). The maximum Gasteiger partial charge on any atom is 0.256 e. The molecular formula is C16H15BrN2O2. The van der Waals surface area contributed by atoms with Gasteiger partial charge < -0.3 is 10.5 Å². The zero-order chi connectivity index (χ0) is 15.4. The standard InChI is InChI=1S/C16H15BrN2O2/c1-10-3-8-14(15(17)9-10)16(20)18-13-6-4-12(5-7-13)11(2)19-21/h3-9,21H,1-2H3,(H,18,20)/b19-11-. The Bertz CT molecular complexity index is 694. The minimum Gasteiger partial charge on any atom is -0.411 e. The Morgan fingerprint density at radius 3 is 2.43 bits per heavy atom. The summed E-state index contributed by atoms with van der Waals surface area (Å²) in [5.41, 5.74) is 3.67. The van der Waals surface area contributed by atoms with E-state index in [1.54, 1.807) is 37.3 Å². The van der Waals surface area contributed by atoms with Crippen LogP contribution < -0.4 is 5.32 Å². The van der Waals surface area contributed by atoms with Crippen LogP contribution in [0.3, 0.4) is 0 Å². The summed E-state index contributed by atoms with van der Waals surface area (Å²) in [5, 5.41) is 14.7. The summed E-state index contributed by atoms with van der Waals surface area (Å²) in [6.07, 6.45) is 0. The van der Waals surface area contributed by atoms with Crippen molar-refractivity contribution < 1.29 is 10.0 Å². The first kappa shape index (κ1) is 15.3. The van der Waals surface area contributed by atoms with Gasteiger partial charge in [0, 0.05) is 10.2 Å². The van der Waals surface area contributed by atoms with Gasteiger partial charge in [0.1, 0.15) is 0 Å². The van der Waals surface area contributed by atoms with Crippen molar-refractivity contribution in [1.82, 2.24) is 0 Å². The van der Waals surface area contributed by atoms with Crippen LogP contribution in [0.1, 0.15) is 28.4 Å². The highest BCUT2D eigenvalue weighted by Gasteiger charge is 2.10. The zero-order valence-electron chi connectivity index (χ0n) is 11.7. The second-order valence-corrected chi connectivity index (χ2v) is 5.55. The number of anilines is 1. The Morgan fingerprint density at radius 2 is 1.86 bits per heavy atom. The third-order valence-corrected chi connectivity index (χ3v) is 3.74. The Labute approximate surface area is 131 Å². The van der Waals surface area contributed by atoms with E-state index in [1.807, 2.05) is 19.1 Å². The third kappa shape index (κ3) is 3.70. The molecule has 0 aliphatic rings. The molecule has 0 unspecified atom stereocenters. The number of hydrogen-bond donors (Lipinski definition) is 2. The van der Waals surface area contributed by atoms with Crippen LogP contribution >= 0.6 is 15.9 Å². The molecule has 0 aliphatic carbocycles. The van der Waals surface area contributed by atoms with Crippen molar-refractivity contribution in [3.8, 4) is 0 Å². The Kier molecular flexibility index (Phi) is 4.75. The molecule has 0 aromatic heterocycles. The van der Waals surface area contributed by atoms with Gasteiger partial charge in [-0.2, -0.15) is 0 Å². The molecule has 5 heteroatoms.